The van der Waals surface area contributed by atoms with Gasteiger partial charge in [0.2, 0.25) is 5.91 Å². The van der Waals surface area contributed by atoms with Crippen LogP contribution >= 0.6 is 0 Å². The smallest absolute Gasteiger partial charge is 0.236 e. The Labute approximate surface area is 86.4 Å². The highest BCUT2D eigenvalue weighted by atomic mass is 16.2. The van der Waals surface area contributed by atoms with E-state index in [2.05, 4.69) is 19.2 Å². The Morgan fingerprint density at radius 3 is 2.50 bits per heavy atom. The highest BCUT2D eigenvalue weighted by Crippen LogP contribution is 2.02. The molecule has 14 heavy (non-hydrogen) atoms. The van der Waals surface area contributed by atoms with Crippen LogP contribution in [-0.2, 0) is 4.79 Å². The number of carbonyl (C=O) groups is 1. The van der Waals surface area contributed by atoms with Crippen molar-refractivity contribution in [1.29, 1.82) is 0 Å². The topological polar surface area (TPSA) is 81.1 Å². The minimum absolute atomic E-state index is 0.0456. The van der Waals surface area contributed by atoms with Gasteiger partial charge in [-0.3, -0.25) is 4.79 Å². The number of unbranched alkanes of at least 4 members (excludes halogenated alkanes) is 1. The first kappa shape index (κ1) is 13.4. The van der Waals surface area contributed by atoms with E-state index in [1.54, 1.807) is 0 Å². The quantitative estimate of drug-likeness (QED) is 0.515. The van der Waals surface area contributed by atoms with Crippen molar-refractivity contribution < 1.29 is 4.79 Å². The summed E-state index contributed by atoms with van der Waals surface area (Å²) in [6.45, 7) is 5.47. The second-order valence-corrected chi connectivity index (χ2v) is 4.02. The minimum atomic E-state index is -0.368. The molecule has 0 saturated heterocycles. The van der Waals surface area contributed by atoms with Crippen molar-refractivity contribution >= 4 is 5.91 Å². The van der Waals surface area contributed by atoms with Crippen LogP contribution in [0.3, 0.4) is 0 Å². The lowest BCUT2D eigenvalue weighted by Gasteiger charge is -2.13. The predicted molar refractivity (Wildman–Crippen MR) is 58.7 cm³/mol. The van der Waals surface area contributed by atoms with Gasteiger partial charge >= 0.3 is 0 Å². The van der Waals surface area contributed by atoms with Gasteiger partial charge in [-0.25, -0.2) is 0 Å². The zero-order chi connectivity index (χ0) is 11.0. The van der Waals surface area contributed by atoms with Crippen molar-refractivity contribution in [2.75, 3.05) is 13.1 Å². The van der Waals surface area contributed by atoms with Gasteiger partial charge in [-0.2, -0.15) is 0 Å². The Bertz CT molecular complexity index is 159. The number of nitrogens with two attached hydrogens (primary N) is 2. The molecule has 84 valence electrons. The molecule has 4 heteroatoms. The fraction of sp³-hybridized carbons (Fsp3) is 0.900. The van der Waals surface area contributed by atoms with Gasteiger partial charge in [-0.05, 0) is 31.7 Å². The summed E-state index contributed by atoms with van der Waals surface area (Å²) in [6.07, 6.45) is 2.61. The molecule has 0 rings (SSSR count). The summed E-state index contributed by atoms with van der Waals surface area (Å²) in [7, 11) is 0. The normalized spacial score (nSPS) is 12.9. The largest absolute Gasteiger partial charge is 0.355 e. The zero-order valence-electron chi connectivity index (χ0n) is 9.25. The molecule has 0 aromatic carbocycles. The molecule has 0 aromatic rings. The van der Waals surface area contributed by atoms with Crippen LogP contribution in [0.15, 0.2) is 0 Å². The molecule has 0 fully saturated rings. The molecule has 1 atom stereocenters. The maximum atomic E-state index is 11.4. The number of nitrogens with one attached hydrogen (secondary N) is 1. The second-order valence-electron chi connectivity index (χ2n) is 4.02. The fourth-order valence-corrected chi connectivity index (χ4v) is 1.23. The molecular weight excluding hydrogens is 178 g/mol. The van der Waals surface area contributed by atoms with Crippen LogP contribution < -0.4 is 16.8 Å². The summed E-state index contributed by atoms with van der Waals surface area (Å²) < 4.78 is 0. The van der Waals surface area contributed by atoms with E-state index in [0.29, 0.717) is 19.0 Å². The van der Waals surface area contributed by atoms with Crippen molar-refractivity contribution in [2.24, 2.45) is 17.4 Å². The molecular formula is C10H23N3O. The van der Waals surface area contributed by atoms with Crippen LogP contribution in [0, 0.1) is 5.92 Å². The standard InChI is InChI=1S/C10H23N3O/c1-8(2)7-9(12)10(14)13-6-4-3-5-11/h8-9H,3-7,11-12H2,1-2H3,(H,13,14)/t9-/m1/s1. The Hall–Kier alpha value is -0.610. The molecule has 0 heterocycles. The van der Waals surface area contributed by atoms with Crippen molar-refractivity contribution in [1.82, 2.24) is 5.32 Å². The van der Waals surface area contributed by atoms with Crippen LogP contribution in [0.1, 0.15) is 33.1 Å². The van der Waals surface area contributed by atoms with E-state index in [0.717, 1.165) is 19.3 Å². The van der Waals surface area contributed by atoms with E-state index in [1.807, 2.05) is 0 Å². The first-order chi connectivity index (χ1) is 6.57. The summed E-state index contributed by atoms with van der Waals surface area (Å²) in [6, 6.07) is -0.368. The molecule has 5 N–H and O–H groups in total. The maximum Gasteiger partial charge on any atom is 0.236 e. The maximum absolute atomic E-state index is 11.4. The van der Waals surface area contributed by atoms with Gasteiger partial charge in [0.25, 0.3) is 0 Å². The average Bonchev–Trinajstić information content (AvgIpc) is 2.11. The Balaban J connectivity index is 3.52. The number of carbonyl (C=O) groups excluding carboxylic acids is 1. The molecule has 0 bridgehead atoms. The van der Waals surface area contributed by atoms with Gasteiger partial charge in [0, 0.05) is 6.54 Å². The first-order valence-corrected chi connectivity index (χ1v) is 5.31. The molecule has 0 radical (unpaired) electrons. The summed E-state index contributed by atoms with van der Waals surface area (Å²) in [5.41, 5.74) is 11.0. The summed E-state index contributed by atoms with van der Waals surface area (Å²) >= 11 is 0. The number of hydrogen-bond donors (Lipinski definition) is 3. The lowest BCUT2D eigenvalue weighted by Crippen LogP contribution is -2.41. The Kier molecular flexibility index (Phi) is 7.42. The molecule has 0 aliphatic heterocycles. The molecule has 1 amide bonds. The van der Waals surface area contributed by atoms with Crippen LogP contribution in [-0.4, -0.2) is 25.0 Å². The van der Waals surface area contributed by atoms with Gasteiger partial charge < -0.3 is 16.8 Å². The third kappa shape index (κ3) is 6.86. The minimum Gasteiger partial charge on any atom is -0.355 e. The molecule has 4 nitrogen and oxygen atoms in total. The monoisotopic (exact) mass is 201 g/mol. The molecule has 0 spiro atoms. The third-order valence-corrected chi connectivity index (χ3v) is 1.99. The van der Waals surface area contributed by atoms with Crippen molar-refractivity contribution in [3.05, 3.63) is 0 Å². The summed E-state index contributed by atoms with van der Waals surface area (Å²) in [4.78, 5) is 11.4. The molecule has 0 aliphatic carbocycles. The number of rotatable bonds is 7. The van der Waals surface area contributed by atoms with E-state index in [-0.39, 0.29) is 11.9 Å². The van der Waals surface area contributed by atoms with Crippen LogP contribution in [0.2, 0.25) is 0 Å². The number of amides is 1. The Morgan fingerprint density at radius 1 is 1.36 bits per heavy atom. The van der Waals surface area contributed by atoms with Crippen molar-refractivity contribution in [3.8, 4) is 0 Å². The van der Waals surface area contributed by atoms with E-state index in [4.69, 9.17) is 11.5 Å². The highest BCUT2D eigenvalue weighted by molar-refractivity contribution is 5.81. The predicted octanol–water partition coefficient (Wildman–Crippen LogP) is 0.215. The van der Waals surface area contributed by atoms with E-state index >= 15 is 0 Å². The molecule has 0 saturated carbocycles. The molecule has 0 unspecified atom stereocenters. The highest BCUT2D eigenvalue weighted by Gasteiger charge is 2.13. The third-order valence-electron chi connectivity index (χ3n) is 1.99. The van der Waals surface area contributed by atoms with Gasteiger partial charge in [0.15, 0.2) is 0 Å². The van der Waals surface area contributed by atoms with Gasteiger partial charge in [-0.15, -0.1) is 0 Å². The lowest BCUT2D eigenvalue weighted by molar-refractivity contribution is -0.122. The Morgan fingerprint density at radius 2 is 2.00 bits per heavy atom. The molecule has 0 aromatic heterocycles. The van der Waals surface area contributed by atoms with E-state index in [9.17, 15) is 4.79 Å². The van der Waals surface area contributed by atoms with Gasteiger partial charge in [-0.1, -0.05) is 13.8 Å². The van der Waals surface area contributed by atoms with Gasteiger partial charge in [0.1, 0.15) is 0 Å². The second kappa shape index (κ2) is 7.76. The SMILES string of the molecule is CC(C)C[C@@H](N)C(=O)NCCCCN. The summed E-state index contributed by atoms with van der Waals surface area (Å²) in [5, 5.41) is 2.80. The van der Waals surface area contributed by atoms with Crippen LogP contribution in [0.5, 0.6) is 0 Å². The van der Waals surface area contributed by atoms with Crippen molar-refractivity contribution in [3.63, 3.8) is 0 Å². The first-order valence-electron chi connectivity index (χ1n) is 5.31. The molecule has 0 aliphatic rings. The van der Waals surface area contributed by atoms with E-state index in [1.165, 1.54) is 0 Å². The average molecular weight is 201 g/mol. The van der Waals surface area contributed by atoms with Crippen molar-refractivity contribution in [2.45, 2.75) is 39.2 Å². The zero-order valence-corrected chi connectivity index (χ0v) is 9.25. The fourth-order valence-electron chi connectivity index (χ4n) is 1.23. The van der Waals surface area contributed by atoms with Crippen LogP contribution in [0.25, 0.3) is 0 Å². The van der Waals surface area contributed by atoms with Crippen LogP contribution in [0.4, 0.5) is 0 Å². The van der Waals surface area contributed by atoms with E-state index < -0.39 is 0 Å². The number of hydrogen-bond acceptors (Lipinski definition) is 3. The lowest BCUT2D eigenvalue weighted by atomic mass is 10.0. The van der Waals surface area contributed by atoms with Gasteiger partial charge in [0.05, 0.1) is 6.04 Å². The summed E-state index contributed by atoms with van der Waals surface area (Å²) in [5.74, 6) is 0.413.